The number of likely N-dealkylation sites (tertiary alicyclic amines) is 1. The van der Waals surface area contributed by atoms with Gasteiger partial charge < -0.3 is 25.0 Å². The smallest absolute Gasteiger partial charge is 0.225 e. The Morgan fingerprint density at radius 3 is 2.82 bits per heavy atom. The number of carbonyl (C=O) groups excluding carboxylic acids is 2. The van der Waals surface area contributed by atoms with E-state index in [1.807, 2.05) is 18.2 Å². The van der Waals surface area contributed by atoms with Gasteiger partial charge in [-0.3, -0.25) is 9.59 Å². The number of hydrogen-bond donors (Lipinski definition) is 2. The van der Waals surface area contributed by atoms with Gasteiger partial charge in [0.15, 0.2) is 11.5 Å². The molecule has 1 aromatic rings. The van der Waals surface area contributed by atoms with Crippen molar-refractivity contribution in [3.05, 3.63) is 35.4 Å². The molecule has 0 spiro atoms. The summed E-state index contributed by atoms with van der Waals surface area (Å²) in [5.41, 5.74) is 2.32. The monoisotopic (exact) mass is 387 g/mol. The average Bonchev–Trinajstić information content (AvgIpc) is 3.11. The highest BCUT2D eigenvalue weighted by atomic mass is 16.5. The van der Waals surface area contributed by atoms with Crippen molar-refractivity contribution in [3.8, 4) is 11.5 Å². The van der Waals surface area contributed by atoms with Crippen molar-refractivity contribution in [1.82, 2.24) is 15.5 Å². The number of nitrogens with one attached hydrogen (secondary N) is 2. The van der Waals surface area contributed by atoms with E-state index in [-0.39, 0.29) is 17.7 Å². The van der Waals surface area contributed by atoms with Crippen molar-refractivity contribution >= 4 is 11.8 Å². The van der Waals surface area contributed by atoms with Crippen LogP contribution in [0.15, 0.2) is 29.8 Å². The van der Waals surface area contributed by atoms with Gasteiger partial charge in [-0.15, -0.1) is 0 Å². The van der Waals surface area contributed by atoms with Gasteiger partial charge in [-0.25, -0.2) is 0 Å². The van der Waals surface area contributed by atoms with Crippen molar-refractivity contribution in [1.29, 1.82) is 0 Å². The maximum atomic E-state index is 12.4. The SMILES string of the molecule is COc1ccc(CCN2CC(C(=O)NCC3=CCNCC3)CC2=O)cc1OC. The van der Waals surface area contributed by atoms with E-state index < -0.39 is 0 Å². The van der Waals surface area contributed by atoms with E-state index in [0.717, 1.165) is 25.1 Å². The van der Waals surface area contributed by atoms with Crippen molar-refractivity contribution in [3.63, 3.8) is 0 Å². The zero-order valence-corrected chi connectivity index (χ0v) is 16.6. The molecule has 0 bridgehead atoms. The minimum atomic E-state index is -0.264. The van der Waals surface area contributed by atoms with Gasteiger partial charge in [-0.2, -0.15) is 0 Å². The fourth-order valence-corrected chi connectivity index (χ4v) is 3.64. The molecule has 28 heavy (non-hydrogen) atoms. The van der Waals surface area contributed by atoms with Crippen LogP contribution < -0.4 is 20.1 Å². The Bertz CT molecular complexity index is 747. The molecule has 1 unspecified atom stereocenters. The van der Waals surface area contributed by atoms with E-state index in [1.54, 1.807) is 19.1 Å². The first-order valence-electron chi connectivity index (χ1n) is 9.75. The molecule has 0 aromatic heterocycles. The second-order valence-electron chi connectivity index (χ2n) is 7.21. The number of carbonyl (C=O) groups is 2. The first-order chi connectivity index (χ1) is 13.6. The van der Waals surface area contributed by atoms with Crippen LogP contribution in [0.4, 0.5) is 0 Å². The summed E-state index contributed by atoms with van der Waals surface area (Å²) in [5.74, 6) is 1.12. The first-order valence-corrected chi connectivity index (χ1v) is 9.75. The lowest BCUT2D eigenvalue weighted by molar-refractivity contribution is -0.128. The van der Waals surface area contributed by atoms with E-state index in [4.69, 9.17) is 9.47 Å². The Labute approximate surface area is 166 Å². The normalized spacial score (nSPS) is 19.4. The number of nitrogens with zero attached hydrogens (tertiary/aromatic N) is 1. The number of benzene rings is 1. The maximum Gasteiger partial charge on any atom is 0.225 e. The van der Waals surface area contributed by atoms with Crippen LogP contribution in [0.25, 0.3) is 0 Å². The van der Waals surface area contributed by atoms with Gasteiger partial charge in [0.1, 0.15) is 0 Å². The van der Waals surface area contributed by atoms with Gasteiger partial charge in [0, 0.05) is 32.6 Å². The van der Waals surface area contributed by atoms with Gasteiger partial charge in [0.2, 0.25) is 11.8 Å². The Morgan fingerprint density at radius 1 is 1.29 bits per heavy atom. The summed E-state index contributed by atoms with van der Waals surface area (Å²) in [6.45, 7) is 3.47. The number of amides is 2. The second kappa shape index (κ2) is 9.59. The molecule has 2 aliphatic heterocycles. The molecule has 152 valence electrons. The average molecular weight is 387 g/mol. The number of methoxy groups -OCH3 is 2. The summed E-state index contributed by atoms with van der Waals surface area (Å²) >= 11 is 0. The highest BCUT2D eigenvalue weighted by Gasteiger charge is 2.33. The summed E-state index contributed by atoms with van der Waals surface area (Å²) in [5, 5.41) is 6.25. The molecule has 3 rings (SSSR count). The van der Waals surface area contributed by atoms with E-state index in [1.165, 1.54) is 5.57 Å². The zero-order valence-electron chi connectivity index (χ0n) is 16.6. The minimum Gasteiger partial charge on any atom is -0.493 e. The Morgan fingerprint density at radius 2 is 2.11 bits per heavy atom. The van der Waals surface area contributed by atoms with Crippen LogP contribution in [0.2, 0.25) is 0 Å². The molecule has 7 nitrogen and oxygen atoms in total. The lowest BCUT2D eigenvalue weighted by Gasteiger charge is -2.18. The molecule has 2 amide bonds. The highest BCUT2D eigenvalue weighted by molar-refractivity contribution is 5.89. The molecule has 0 saturated carbocycles. The number of ether oxygens (including phenoxy) is 2. The first kappa shape index (κ1) is 20.2. The van der Waals surface area contributed by atoms with Gasteiger partial charge >= 0.3 is 0 Å². The topological polar surface area (TPSA) is 79.9 Å². The summed E-state index contributed by atoms with van der Waals surface area (Å²) in [7, 11) is 3.21. The fourth-order valence-electron chi connectivity index (χ4n) is 3.64. The van der Waals surface area contributed by atoms with Gasteiger partial charge in [0.05, 0.1) is 20.1 Å². The van der Waals surface area contributed by atoms with E-state index in [0.29, 0.717) is 44.0 Å². The van der Waals surface area contributed by atoms with E-state index >= 15 is 0 Å². The highest BCUT2D eigenvalue weighted by Crippen LogP contribution is 2.28. The predicted octanol–water partition coefficient (Wildman–Crippen LogP) is 1.13. The predicted molar refractivity (Wildman–Crippen MR) is 107 cm³/mol. The van der Waals surface area contributed by atoms with Gasteiger partial charge in [-0.05, 0) is 37.1 Å². The maximum absolute atomic E-state index is 12.4. The lowest BCUT2D eigenvalue weighted by atomic mass is 10.1. The molecular formula is C21H29N3O4. The third-order valence-electron chi connectivity index (χ3n) is 5.35. The molecule has 1 atom stereocenters. The van der Waals surface area contributed by atoms with Crippen molar-refractivity contribution in [2.24, 2.45) is 5.92 Å². The largest absolute Gasteiger partial charge is 0.493 e. The van der Waals surface area contributed by atoms with Crippen LogP contribution in [-0.4, -0.2) is 63.7 Å². The number of hydrogen-bond acceptors (Lipinski definition) is 5. The molecule has 2 aliphatic rings. The lowest BCUT2D eigenvalue weighted by Crippen LogP contribution is -2.35. The molecule has 1 saturated heterocycles. The second-order valence-corrected chi connectivity index (χ2v) is 7.21. The van der Waals surface area contributed by atoms with E-state index in [9.17, 15) is 9.59 Å². The van der Waals surface area contributed by atoms with Crippen molar-refractivity contribution < 1.29 is 19.1 Å². The molecule has 2 N–H and O–H groups in total. The molecule has 0 radical (unpaired) electrons. The third kappa shape index (κ3) is 5.04. The summed E-state index contributed by atoms with van der Waals surface area (Å²) in [4.78, 5) is 26.5. The Hall–Kier alpha value is -2.54. The number of rotatable bonds is 8. The fraction of sp³-hybridized carbons (Fsp3) is 0.524. The Balaban J connectivity index is 1.49. The molecule has 7 heteroatoms. The molecule has 1 fully saturated rings. The van der Waals surface area contributed by atoms with Crippen LogP contribution >= 0.6 is 0 Å². The zero-order chi connectivity index (χ0) is 19.9. The van der Waals surface area contributed by atoms with E-state index in [2.05, 4.69) is 16.7 Å². The molecule has 1 aromatic carbocycles. The third-order valence-corrected chi connectivity index (χ3v) is 5.35. The standard InChI is InChI=1S/C21H29N3O4/c1-27-18-4-3-15(11-19(18)28-2)7-10-24-14-17(12-20(24)25)21(26)23-13-16-5-8-22-9-6-16/h3-5,11,17,22H,6-10,12-14H2,1-2H3,(H,23,26). The summed E-state index contributed by atoms with van der Waals surface area (Å²) in [6, 6.07) is 5.76. The van der Waals surface area contributed by atoms with Gasteiger partial charge in [0.25, 0.3) is 0 Å². The summed E-state index contributed by atoms with van der Waals surface area (Å²) in [6.07, 6.45) is 4.08. The summed E-state index contributed by atoms with van der Waals surface area (Å²) < 4.78 is 10.6. The van der Waals surface area contributed by atoms with Crippen LogP contribution in [0.3, 0.4) is 0 Å². The van der Waals surface area contributed by atoms with Crippen molar-refractivity contribution in [2.45, 2.75) is 19.3 Å². The quantitative estimate of drug-likeness (QED) is 0.654. The van der Waals surface area contributed by atoms with Crippen LogP contribution in [0, 0.1) is 5.92 Å². The molecule has 0 aliphatic carbocycles. The minimum absolute atomic E-state index is 0.0265. The van der Waals surface area contributed by atoms with Crippen molar-refractivity contribution in [2.75, 3.05) is 46.9 Å². The molecule has 2 heterocycles. The molecular weight excluding hydrogens is 358 g/mol. The van der Waals surface area contributed by atoms with Gasteiger partial charge in [-0.1, -0.05) is 17.7 Å². The Kier molecular flexibility index (Phi) is 6.92. The van der Waals surface area contributed by atoms with Crippen LogP contribution in [0.1, 0.15) is 18.4 Å². The van der Waals surface area contributed by atoms with Crippen LogP contribution in [-0.2, 0) is 16.0 Å². The van der Waals surface area contributed by atoms with Crippen LogP contribution in [0.5, 0.6) is 11.5 Å².